The lowest BCUT2D eigenvalue weighted by molar-refractivity contribution is -0.142. The molecule has 0 aliphatic carbocycles. The Labute approximate surface area is 226 Å². The van der Waals surface area contributed by atoms with Crippen LogP contribution in [0, 0.1) is 5.82 Å². The van der Waals surface area contributed by atoms with Crippen molar-refractivity contribution in [1.82, 2.24) is 24.4 Å². The third-order valence-corrected chi connectivity index (χ3v) is 6.41. The van der Waals surface area contributed by atoms with Crippen LogP contribution >= 0.6 is 34.8 Å². The Bertz CT molecular complexity index is 1660. The third kappa shape index (κ3) is 5.17. The molecular formula is C24H13Cl3F4N6O. The van der Waals surface area contributed by atoms with Crippen LogP contribution in [0.3, 0.4) is 0 Å². The number of hydrogen-bond acceptors (Lipinski definition) is 4. The van der Waals surface area contributed by atoms with Gasteiger partial charge in [0.05, 0.1) is 12.2 Å². The summed E-state index contributed by atoms with van der Waals surface area (Å²) in [5, 5.41) is 11.3. The molecule has 0 aliphatic rings. The average Bonchev–Trinajstić information content (AvgIpc) is 3.44. The maximum Gasteiger partial charge on any atom is 0.433 e. The van der Waals surface area contributed by atoms with Gasteiger partial charge >= 0.3 is 6.18 Å². The molecule has 0 saturated carbocycles. The fourth-order valence-corrected chi connectivity index (χ4v) is 4.35. The van der Waals surface area contributed by atoms with Crippen LogP contribution in [0.1, 0.15) is 21.7 Å². The molecule has 0 unspecified atom stereocenters. The number of carbonyl (C=O) groups excluding carboxylic acids is 1. The van der Waals surface area contributed by atoms with Gasteiger partial charge in [0.25, 0.3) is 5.91 Å². The molecule has 14 heteroatoms. The predicted molar refractivity (Wildman–Crippen MR) is 134 cm³/mol. The molecule has 0 spiro atoms. The quantitative estimate of drug-likeness (QED) is 0.226. The van der Waals surface area contributed by atoms with E-state index >= 15 is 0 Å². The van der Waals surface area contributed by atoms with Gasteiger partial charge in [-0.25, -0.2) is 13.9 Å². The van der Waals surface area contributed by atoms with E-state index in [1.165, 1.54) is 23.0 Å². The third-order valence-electron chi connectivity index (χ3n) is 5.42. The van der Waals surface area contributed by atoms with Crippen LogP contribution in [0.4, 0.5) is 23.4 Å². The lowest BCUT2D eigenvalue weighted by Gasteiger charge is -2.11. The fourth-order valence-electron chi connectivity index (χ4n) is 3.64. The van der Waals surface area contributed by atoms with Gasteiger partial charge < -0.3 is 5.32 Å². The van der Waals surface area contributed by atoms with Gasteiger partial charge in [-0.2, -0.15) is 23.4 Å². The lowest BCUT2D eigenvalue weighted by Crippen LogP contribution is -2.16. The van der Waals surface area contributed by atoms with E-state index in [0.29, 0.717) is 20.1 Å². The Balaban J connectivity index is 1.46. The number of halogens is 7. The van der Waals surface area contributed by atoms with Crippen molar-refractivity contribution in [2.24, 2.45) is 0 Å². The van der Waals surface area contributed by atoms with Gasteiger partial charge in [0.1, 0.15) is 10.8 Å². The molecule has 38 heavy (non-hydrogen) atoms. The summed E-state index contributed by atoms with van der Waals surface area (Å²) in [6.07, 6.45) is -3.39. The molecule has 5 rings (SSSR count). The minimum Gasteiger partial charge on any atom is -0.302 e. The number of benzene rings is 2. The van der Waals surface area contributed by atoms with Crippen LogP contribution in [0.5, 0.6) is 0 Å². The highest BCUT2D eigenvalue weighted by molar-refractivity contribution is 6.36. The van der Waals surface area contributed by atoms with Gasteiger partial charge in [0, 0.05) is 33.4 Å². The molecule has 1 N–H and O–H groups in total. The van der Waals surface area contributed by atoms with Crippen molar-refractivity contribution in [2.45, 2.75) is 12.7 Å². The van der Waals surface area contributed by atoms with Gasteiger partial charge in [-0.15, -0.1) is 0 Å². The molecule has 0 fully saturated rings. The predicted octanol–water partition coefficient (Wildman–Crippen LogP) is 7.01. The van der Waals surface area contributed by atoms with Crippen molar-refractivity contribution in [3.05, 3.63) is 98.6 Å². The molecule has 3 aromatic heterocycles. The van der Waals surface area contributed by atoms with E-state index in [-0.39, 0.29) is 40.0 Å². The molecule has 0 radical (unpaired) electrons. The summed E-state index contributed by atoms with van der Waals surface area (Å²) in [6, 6.07) is 11.7. The summed E-state index contributed by atoms with van der Waals surface area (Å²) in [7, 11) is 0. The Hall–Kier alpha value is -3.67. The molecule has 3 heterocycles. The lowest BCUT2D eigenvalue weighted by atomic mass is 10.1. The number of carbonyl (C=O) groups is 1. The molecule has 5 aromatic rings. The SMILES string of the molecule is O=C(Nc1nn(Cc2c(Cl)cccc2Cl)cc1Cl)c1cc2nc(-c3ccc(F)cc3)cc(C(F)(F)F)n2n1. The summed E-state index contributed by atoms with van der Waals surface area (Å²) in [4.78, 5) is 17.0. The fraction of sp³-hybridized carbons (Fsp3) is 0.0833. The zero-order chi connectivity index (χ0) is 27.2. The highest BCUT2D eigenvalue weighted by Crippen LogP contribution is 2.33. The van der Waals surface area contributed by atoms with Crippen LogP contribution in [0.25, 0.3) is 16.9 Å². The second kappa shape index (κ2) is 9.90. The first-order valence-corrected chi connectivity index (χ1v) is 11.8. The Morgan fingerprint density at radius 1 is 0.947 bits per heavy atom. The first-order chi connectivity index (χ1) is 18.0. The molecule has 0 bridgehead atoms. The average molecular weight is 584 g/mol. The van der Waals surface area contributed by atoms with Crippen LogP contribution in [0.15, 0.2) is 60.8 Å². The van der Waals surface area contributed by atoms with Crippen molar-refractivity contribution in [3.8, 4) is 11.3 Å². The number of anilines is 1. The topological polar surface area (TPSA) is 77.1 Å². The van der Waals surface area contributed by atoms with Gasteiger partial charge in [-0.3, -0.25) is 9.48 Å². The molecule has 7 nitrogen and oxygen atoms in total. The first-order valence-electron chi connectivity index (χ1n) is 10.7. The maximum atomic E-state index is 13.8. The van der Waals surface area contributed by atoms with Crippen LogP contribution < -0.4 is 5.32 Å². The van der Waals surface area contributed by atoms with Crippen molar-refractivity contribution in [2.75, 3.05) is 5.32 Å². The van der Waals surface area contributed by atoms with E-state index in [1.54, 1.807) is 18.2 Å². The van der Waals surface area contributed by atoms with E-state index in [1.807, 2.05) is 0 Å². The normalized spacial score (nSPS) is 11.8. The van der Waals surface area contributed by atoms with Crippen molar-refractivity contribution < 1.29 is 22.4 Å². The zero-order valence-corrected chi connectivity index (χ0v) is 21.0. The van der Waals surface area contributed by atoms with Gasteiger partial charge in [-0.1, -0.05) is 40.9 Å². The Morgan fingerprint density at radius 2 is 1.63 bits per heavy atom. The number of nitrogens with zero attached hydrogens (tertiary/aromatic N) is 5. The van der Waals surface area contributed by atoms with Crippen LogP contribution in [0.2, 0.25) is 15.1 Å². The molecule has 0 atom stereocenters. The number of amides is 1. The molecule has 0 aliphatic heterocycles. The van der Waals surface area contributed by atoms with E-state index in [9.17, 15) is 22.4 Å². The molecule has 0 saturated heterocycles. The Morgan fingerprint density at radius 3 is 2.29 bits per heavy atom. The summed E-state index contributed by atoms with van der Waals surface area (Å²) in [6.45, 7) is 0.146. The maximum absolute atomic E-state index is 13.8. The molecular weight excluding hydrogens is 571 g/mol. The molecule has 2 aromatic carbocycles. The highest BCUT2D eigenvalue weighted by Gasteiger charge is 2.35. The number of fused-ring (bicyclic) bond motifs is 1. The molecule has 1 amide bonds. The standard InChI is InChI=1S/C24H13Cl3F4N6O/c25-15-2-1-3-16(26)14(15)10-36-11-17(27)22(35-36)33-23(38)19-9-21-32-18(12-4-6-13(28)7-5-12)8-20(24(29,30)31)37(21)34-19/h1-9,11H,10H2,(H,33,35,38). The number of rotatable bonds is 5. The zero-order valence-electron chi connectivity index (χ0n) is 18.8. The van der Waals surface area contributed by atoms with Crippen molar-refractivity contribution in [3.63, 3.8) is 0 Å². The van der Waals surface area contributed by atoms with Crippen molar-refractivity contribution in [1.29, 1.82) is 0 Å². The van der Waals surface area contributed by atoms with Crippen molar-refractivity contribution >= 4 is 52.2 Å². The highest BCUT2D eigenvalue weighted by atomic mass is 35.5. The monoisotopic (exact) mass is 582 g/mol. The number of nitrogens with one attached hydrogen (secondary N) is 1. The Kier molecular flexibility index (Phi) is 6.76. The summed E-state index contributed by atoms with van der Waals surface area (Å²) < 4.78 is 56.7. The van der Waals surface area contributed by atoms with E-state index < -0.39 is 23.6 Å². The van der Waals surface area contributed by atoms with Gasteiger partial charge in [0.15, 0.2) is 22.9 Å². The number of hydrogen-bond donors (Lipinski definition) is 1. The second-order valence-electron chi connectivity index (χ2n) is 8.01. The number of alkyl halides is 3. The number of aromatic nitrogens is 5. The summed E-state index contributed by atoms with van der Waals surface area (Å²) in [5.74, 6) is -1.46. The minimum absolute atomic E-state index is 0.0482. The summed E-state index contributed by atoms with van der Waals surface area (Å²) >= 11 is 18.6. The van der Waals surface area contributed by atoms with E-state index in [4.69, 9.17) is 34.8 Å². The van der Waals surface area contributed by atoms with E-state index in [0.717, 1.165) is 24.3 Å². The largest absolute Gasteiger partial charge is 0.433 e. The first kappa shape index (κ1) is 26.0. The summed E-state index contributed by atoms with van der Waals surface area (Å²) in [5.41, 5.74) is -1.01. The van der Waals surface area contributed by atoms with E-state index in [2.05, 4.69) is 20.5 Å². The van der Waals surface area contributed by atoms with Crippen LogP contribution in [-0.2, 0) is 12.7 Å². The second-order valence-corrected chi connectivity index (χ2v) is 9.23. The minimum atomic E-state index is -4.82. The van der Waals surface area contributed by atoms with Crippen LogP contribution in [-0.4, -0.2) is 30.3 Å². The van der Waals surface area contributed by atoms with Gasteiger partial charge in [0.2, 0.25) is 0 Å². The van der Waals surface area contributed by atoms with Gasteiger partial charge in [-0.05, 0) is 42.5 Å². The molecule has 194 valence electrons. The smallest absolute Gasteiger partial charge is 0.302 e.